The van der Waals surface area contributed by atoms with E-state index in [0.29, 0.717) is 12.2 Å². The van der Waals surface area contributed by atoms with Gasteiger partial charge in [-0.05, 0) is 29.3 Å². The van der Waals surface area contributed by atoms with Crippen molar-refractivity contribution in [3.63, 3.8) is 0 Å². The number of hydrogen-bond acceptors (Lipinski definition) is 4. The number of esters is 1. The average Bonchev–Trinajstić information content (AvgIpc) is 2.60. The van der Waals surface area contributed by atoms with E-state index in [1.54, 1.807) is 18.2 Å². The minimum atomic E-state index is -0.461. The van der Waals surface area contributed by atoms with Crippen LogP contribution in [-0.2, 0) is 20.9 Å². The number of amides is 1. The predicted molar refractivity (Wildman–Crippen MR) is 93.8 cm³/mol. The fraction of sp³-hybridized carbons (Fsp3) is 0.158. The normalized spacial score (nSPS) is 10.5. The summed E-state index contributed by atoms with van der Waals surface area (Å²) in [5.41, 5.74) is 8.10. The summed E-state index contributed by atoms with van der Waals surface area (Å²) in [7, 11) is 1.30. The lowest BCUT2D eigenvalue weighted by Gasteiger charge is -2.20. The van der Waals surface area contributed by atoms with Gasteiger partial charge in [-0.15, -0.1) is 0 Å². The van der Waals surface area contributed by atoms with Crippen LogP contribution in [0.3, 0.4) is 0 Å². The molecule has 0 aliphatic rings. The SMILES string of the molecule is COC(=O)CN(Cc1ccccc1)C(=O)/C=C/c1cccc(N)c1. The van der Waals surface area contributed by atoms with Crippen LogP contribution in [0.1, 0.15) is 11.1 Å². The van der Waals surface area contributed by atoms with Crippen LogP contribution in [0.4, 0.5) is 5.69 Å². The van der Waals surface area contributed by atoms with Gasteiger partial charge in [0, 0.05) is 18.3 Å². The van der Waals surface area contributed by atoms with Gasteiger partial charge in [0.1, 0.15) is 6.54 Å². The van der Waals surface area contributed by atoms with Crippen LogP contribution in [0.5, 0.6) is 0 Å². The Balaban J connectivity index is 2.12. The Labute approximate surface area is 141 Å². The maximum atomic E-state index is 12.5. The number of nitrogen functional groups attached to an aromatic ring is 1. The lowest BCUT2D eigenvalue weighted by atomic mass is 10.2. The number of carbonyl (C=O) groups excluding carboxylic acids is 2. The summed E-state index contributed by atoms with van der Waals surface area (Å²) in [4.78, 5) is 25.5. The van der Waals surface area contributed by atoms with Crippen molar-refractivity contribution in [2.75, 3.05) is 19.4 Å². The van der Waals surface area contributed by atoms with Gasteiger partial charge in [-0.2, -0.15) is 0 Å². The number of ether oxygens (including phenoxy) is 1. The Morgan fingerprint density at radius 1 is 1.12 bits per heavy atom. The van der Waals surface area contributed by atoms with Gasteiger partial charge in [0.15, 0.2) is 0 Å². The van der Waals surface area contributed by atoms with Gasteiger partial charge < -0.3 is 15.4 Å². The summed E-state index contributed by atoms with van der Waals surface area (Å²) in [6.45, 7) is 0.224. The molecule has 0 saturated carbocycles. The molecule has 0 spiro atoms. The van der Waals surface area contributed by atoms with E-state index in [2.05, 4.69) is 4.74 Å². The zero-order valence-corrected chi connectivity index (χ0v) is 13.5. The van der Waals surface area contributed by atoms with Gasteiger partial charge >= 0.3 is 5.97 Å². The predicted octanol–water partition coefficient (Wildman–Crippen LogP) is 2.48. The monoisotopic (exact) mass is 324 g/mol. The molecule has 24 heavy (non-hydrogen) atoms. The van der Waals surface area contributed by atoms with E-state index in [-0.39, 0.29) is 12.5 Å². The molecule has 5 heteroatoms. The van der Waals surface area contributed by atoms with E-state index in [0.717, 1.165) is 11.1 Å². The van der Waals surface area contributed by atoms with Gasteiger partial charge in [0.05, 0.1) is 7.11 Å². The summed E-state index contributed by atoms with van der Waals surface area (Å²) >= 11 is 0. The molecule has 0 bridgehead atoms. The highest BCUT2D eigenvalue weighted by molar-refractivity contribution is 5.93. The molecule has 2 rings (SSSR count). The van der Waals surface area contributed by atoms with Crippen molar-refractivity contribution in [3.8, 4) is 0 Å². The third kappa shape index (κ3) is 5.28. The van der Waals surface area contributed by atoms with Crippen molar-refractivity contribution in [1.82, 2.24) is 4.90 Å². The Kier molecular flexibility index (Phi) is 6.14. The fourth-order valence-electron chi connectivity index (χ4n) is 2.17. The molecule has 0 aliphatic heterocycles. The first-order valence-corrected chi connectivity index (χ1v) is 7.52. The third-order valence-electron chi connectivity index (χ3n) is 3.40. The molecule has 0 aliphatic carbocycles. The molecule has 0 radical (unpaired) electrons. The van der Waals surface area contributed by atoms with Crippen LogP contribution in [0, 0.1) is 0 Å². The average molecular weight is 324 g/mol. The summed E-state index contributed by atoms with van der Waals surface area (Å²) < 4.78 is 4.67. The van der Waals surface area contributed by atoms with Crippen LogP contribution < -0.4 is 5.73 Å². The van der Waals surface area contributed by atoms with E-state index in [1.807, 2.05) is 42.5 Å². The highest BCUT2D eigenvalue weighted by atomic mass is 16.5. The zero-order valence-electron chi connectivity index (χ0n) is 13.5. The second kappa shape index (κ2) is 8.53. The summed E-state index contributed by atoms with van der Waals surface area (Å²) in [5.74, 6) is -0.733. The van der Waals surface area contributed by atoms with E-state index >= 15 is 0 Å². The maximum Gasteiger partial charge on any atom is 0.325 e. The molecule has 1 amide bonds. The van der Waals surface area contributed by atoms with E-state index in [1.165, 1.54) is 18.1 Å². The van der Waals surface area contributed by atoms with Crippen LogP contribution in [0.25, 0.3) is 6.08 Å². The highest BCUT2D eigenvalue weighted by Gasteiger charge is 2.15. The van der Waals surface area contributed by atoms with Crippen molar-refractivity contribution in [3.05, 3.63) is 71.8 Å². The van der Waals surface area contributed by atoms with Gasteiger partial charge in [-0.25, -0.2) is 0 Å². The van der Waals surface area contributed by atoms with E-state index < -0.39 is 5.97 Å². The van der Waals surface area contributed by atoms with Crippen LogP contribution in [0.15, 0.2) is 60.7 Å². The van der Waals surface area contributed by atoms with E-state index in [9.17, 15) is 9.59 Å². The number of rotatable bonds is 6. The smallest absolute Gasteiger partial charge is 0.325 e. The molecule has 2 N–H and O–H groups in total. The van der Waals surface area contributed by atoms with Crippen LogP contribution in [-0.4, -0.2) is 30.4 Å². The minimum absolute atomic E-state index is 0.106. The van der Waals surface area contributed by atoms with Crippen molar-refractivity contribution in [1.29, 1.82) is 0 Å². The molecule has 0 atom stereocenters. The second-order valence-corrected chi connectivity index (χ2v) is 5.26. The third-order valence-corrected chi connectivity index (χ3v) is 3.40. The number of methoxy groups -OCH3 is 1. The topological polar surface area (TPSA) is 72.6 Å². The molecule has 0 unspecified atom stereocenters. The van der Waals surface area contributed by atoms with Crippen molar-refractivity contribution >= 4 is 23.6 Å². The zero-order chi connectivity index (χ0) is 17.4. The minimum Gasteiger partial charge on any atom is -0.468 e. The Morgan fingerprint density at radius 2 is 1.88 bits per heavy atom. The summed E-state index contributed by atoms with van der Waals surface area (Å²) in [6.07, 6.45) is 3.11. The first kappa shape index (κ1) is 17.3. The molecule has 5 nitrogen and oxygen atoms in total. The highest BCUT2D eigenvalue weighted by Crippen LogP contribution is 2.10. The van der Waals surface area contributed by atoms with Gasteiger partial charge in [-0.3, -0.25) is 9.59 Å². The van der Waals surface area contributed by atoms with Crippen molar-refractivity contribution in [2.45, 2.75) is 6.54 Å². The lowest BCUT2D eigenvalue weighted by molar-refractivity contribution is -0.145. The quantitative estimate of drug-likeness (QED) is 0.503. The largest absolute Gasteiger partial charge is 0.468 e. The first-order chi connectivity index (χ1) is 11.6. The van der Waals surface area contributed by atoms with Gasteiger partial charge in [0.2, 0.25) is 5.91 Å². The summed E-state index contributed by atoms with van der Waals surface area (Å²) in [6, 6.07) is 16.7. The molecule has 2 aromatic rings. The van der Waals surface area contributed by atoms with Crippen LogP contribution in [0.2, 0.25) is 0 Å². The molecule has 0 heterocycles. The second-order valence-electron chi connectivity index (χ2n) is 5.26. The van der Waals surface area contributed by atoms with Gasteiger partial charge in [-0.1, -0.05) is 42.5 Å². The van der Waals surface area contributed by atoms with E-state index in [4.69, 9.17) is 5.73 Å². The fourth-order valence-corrected chi connectivity index (χ4v) is 2.17. The number of nitrogens with two attached hydrogens (primary N) is 1. The molecule has 124 valence electrons. The lowest BCUT2D eigenvalue weighted by Crippen LogP contribution is -2.34. The molecule has 2 aromatic carbocycles. The Hall–Kier alpha value is -3.08. The number of hydrogen-bond donors (Lipinski definition) is 1. The Bertz CT molecular complexity index is 726. The van der Waals surface area contributed by atoms with Crippen molar-refractivity contribution < 1.29 is 14.3 Å². The maximum absolute atomic E-state index is 12.5. The summed E-state index contributed by atoms with van der Waals surface area (Å²) in [5, 5.41) is 0. The van der Waals surface area contributed by atoms with Crippen LogP contribution >= 0.6 is 0 Å². The molecule has 0 aromatic heterocycles. The molecular formula is C19H20N2O3. The standard InChI is InChI=1S/C19H20N2O3/c1-24-19(23)14-21(13-16-6-3-2-4-7-16)18(22)11-10-15-8-5-9-17(20)12-15/h2-12H,13-14,20H2,1H3/b11-10+. The number of benzene rings is 2. The van der Waals surface area contributed by atoms with Gasteiger partial charge in [0.25, 0.3) is 0 Å². The molecule has 0 fully saturated rings. The molecular weight excluding hydrogens is 304 g/mol. The molecule has 0 saturated heterocycles. The number of nitrogens with zero attached hydrogens (tertiary/aromatic N) is 1. The number of carbonyl (C=O) groups is 2. The Morgan fingerprint density at radius 3 is 2.54 bits per heavy atom. The first-order valence-electron chi connectivity index (χ1n) is 7.52. The number of anilines is 1. The van der Waals surface area contributed by atoms with Crippen molar-refractivity contribution in [2.24, 2.45) is 0 Å².